The summed E-state index contributed by atoms with van der Waals surface area (Å²) in [6.45, 7) is 2.12. The third kappa shape index (κ3) is 3.24. The zero-order chi connectivity index (χ0) is 15.0. The summed E-state index contributed by atoms with van der Waals surface area (Å²) in [7, 11) is -3.23. The fourth-order valence-electron chi connectivity index (χ4n) is 2.25. The lowest BCUT2D eigenvalue weighted by Gasteiger charge is -2.09. The Morgan fingerprint density at radius 1 is 1.38 bits per heavy atom. The van der Waals surface area contributed by atoms with Gasteiger partial charge in [-0.3, -0.25) is 5.10 Å². The maximum absolute atomic E-state index is 11.6. The van der Waals surface area contributed by atoms with Gasteiger partial charge in [-0.2, -0.15) is 4.98 Å². The lowest BCUT2D eigenvalue weighted by Crippen LogP contribution is -2.18. The average molecular weight is 306 g/mol. The van der Waals surface area contributed by atoms with Gasteiger partial charge in [-0.1, -0.05) is 12.1 Å². The molecule has 7 heteroatoms. The fraction of sp³-hybridized carbons (Fsp3) is 0.429. The first-order valence-electron chi connectivity index (χ1n) is 6.93. The summed E-state index contributed by atoms with van der Waals surface area (Å²) in [5, 5.41) is 10.3. The molecule has 1 aromatic heterocycles. The first-order valence-corrected chi connectivity index (χ1v) is 8.82. The molecule has 1 saturated carbocycles. The molecule has 2 aromatic rings. The van der Waals surface area contributed by atoms with Crippen LogP contribution in [0.5, 0.6) is 0 Å². The standard InChI is InChI=1S/C14H18N4O2S/c1-9(10-6-7-10)15-14-16-13(17-18-14)11-4-3-5-12(8-11)21(2,19)20/h3-5,8-10H,6-7H2,1-2H3,(H2,15,16,17,18). The first kappa shape index (κ1) is 14.1. The van der Waals surface area contributed by atoms with Crippen LogP contribution in [-0.2, 0) is 9.84 Å². The summed E-state index contributed by atoms with van der Waals surface area (Å²) in [4.78, 5) is 4.66. The highest BCUT2D eigenvalue weighted by Gasteiger charge is 2.28. The number of aromatic nitrogens is 3. The number of aromatic amines is 1. The van der Waals surface area contributed by atoms with Crippen LogP contribution in [-0.4, -0.2) is 35.9 Å². The van der Waals surface area contributed by atoms with Crippen molar-refractivity contribution >= 4 is 15.8 Å². The van der Waals surface area contributed by atoms with Gasteiger partial charge in [0.25, 0.3) is 0 Å². The smallest absolute Gasteiger partial charge is 0.242 e. The van der Waals surface area contributed by atoms with Crippen LogP contribution < -0.4 is 5.32 Å². The predicted molar refractivity (Wildman–Crippen MR) is 80.7 cm³/mol. The maximum atomic E-state index is 11.6. The van der Waals surface area contributed by atoms with Crippen LogP contribution in [0.3, 0.4) is 0 Å². The molecule has 0 radical (unpaired) electrons. The highest BCUT2D eigenvalue weighted by atomic mass is 32.2. The van der Waals surface area contributed by atoms with E-state index < -0.39 is 9.84 Å². The molecule has 0 saturated heterocycles. The minimum atomic E-state index is -3.23. The van der Waals surface area contributed by atoms with Gasteiger partial charge in [0, 0.05) is 17.9 Å². The molecule has 2 N–H and O–H groups in total. The van der Waals surface area contributed by atoms with Gasteiger partial charge >= 0.3 is 0 Å². The Labute approximate surface area is 123 Å². The number of anilines is 1. The first-order chi connectivity index (χ1) is 9.93. The van der Waals surface area contributed by atoms with Crippen molar-refractivity contribution in [2.75, 3.05) is 11.6 Å². The number of sulfone groups is 1. The largest absolute Gasteiger partial charge is 0.350 e. The van der Waals surface area contributed by atoms with Crippen LogP contribution in [0, 0.1) is 5.92 Å². The van der Waals surface area contributed by atoms with Crippen molar-refractivity contribution in [3.05, 3.63) is 24.3 Å². The van der Waals surface area contributed by atoms with Crippen molar-refractivity contribution in [2.24, 2.45) is 5.92 Å². The third-order valence-corrected chi connectivity index (χ3v) is 4.82. The van der Waals surface area contributed by atoms with Crippen LogP contribution in [0.2, 0.25) is 0 Å². The monoisotopic (exact) mass is 306 g/mol. The summed E-state index contributed by atoms with van der Waals surface area (Å²) >= 11 is 0. The van der Waals surface area contributed by atoms with Gasteiger partial charge in [0.05, 0.1) is 4.90 Å². The molecule has 21 heavy (non-hydrogen) atoms. The van der Waals surface area contributed by atoms with Gasteiger partial charge in [-0.25, -0.2) is 8.42 Å². The number of benzene rings is 1. The van der Waals surface area contributed by atoms with Crippen LogP contribution in [0.4, 0.5) is 5.95 Å². The van der Waals surface area contributed by atoms with Gasteiger partial charge in [0.1, 0.15) is 0 Å². The Kier molecular flexibility index (Phi) is 3.44. The number of hydrogen-bond acceptors (Lipinski definition) is 5. The van der Waals surface area contributed by atoms with E-state index in [2.05, 4.69) is 27.4 Å². The molecule has 1 atom stereocenters. The summed E-state index contributed by atoms with van der Waals surface area (Å²) in [6.07, 6.45) is 3.69. The van der Waals surface area contributed by atoms with Gasteiger partial charge in [0.15, 0.2) is 15.7 Å². The van der Waals surface area contributed by atoms with Crippen molar-refractivity contribution in [2.45, 2.75) is 30.7 Å². The molecule has 1 fully saturated rings. The van der Waals surface area contributed by atoms with Crippen molar-refractivity contribution in [3.8, 4) is 11.4 Å². The molecule has 6 nitrogen and oxygen atoms in total. The molecule has 0 bridgehead atoms. The molecule has 0 spiro atoms. The molecule has 0 aliphatic heterocycles. The zero-order valence-corrected chi connectivity index (χ0v) is 12.8. The molecule has 1 heterocycles. The minimum Gasteiger partial charge on any atom is -0.350 e. The van der Waals surface area contributed by atoms with Crippen LogP contribution in [0.1, 0.15) is 19.8 Å². The normalized spacial score (nSPS) is 16.7. The van der Waals surface area contributed by atoms with Crippen molar-refractivity contribution in [1.29, 1.82) is 0 Å². The summed E-state index contributed by atoms with van der Waals surface area (Å²) in [6, 6.07) is 7.04. The maximum Gasteiger partial charge on any atom is 0.242 e. The molecule has 1 aromatic carbocycles. The van der Waals surface area contributed by atoms with E-state index in [0.717, 1.165) is 0 Å². The van der Waals surface area contributed by atoms with Crippen LogP contribution >= 0.6 is 0 Å². The number of H-pyrrole nitrogens is 1. The average Bonchev–Trinajstić information content (AvgIpc) is 3.19. The predicted octanol–water partition coefficient (Wildman–Crippen LogP) is 2.09. The van der Waals surface area contributed by atoms with E-state index in [1.165, 1.54) is 19.1 Å². The SMILES string of the molecule is CC(Nc1n[nH]c(-c2cccc(S(C)(=O)=O)c2)n1)C1CC1. The Morgan fingerprint density at radius 2 is 2.14 bits per heavy atom. The van der Waals surface area contributed by atoms with Crippen LogP contribution in [0.15, 0.2) is 29.2 Å². The molecular formula is C14H18N4O2S. The minimum absolute atomic E-state index is 0.275. The summed E-state index contributed by atoms with van der Waals surface area (Å²) < 4.78 is 23.2. The molecule has 112 valence electrons. The molecule has 1 aliphatic rings. The number of hydrogen-bond donors (Lipinski definition) is 2. The Balaban J connectivity index is 1.82. The molecule has 0 amide bonds. The molecule has 1 unspecified atom stereocenters. The quantitative estimate of drug-likeness (QED) is 0.883. The van der Waals surface area contributed by atoms with E-state index in [9.17, 15) is 8.42 Å². The molecular weight excluding hydrogens is 288 g/mol. The van der Waals surface area contributed by atoms with E-state index in [0.29, 0.717) is 29.3 Å². The van der Waals surface area contributed by atoms with Gasteiger partial charge in [-0.15, -0.1) is 5.10 Å². The van der Waals surface area contributed by atoms with Crippen molar-refractivity contribution < 1.29 is 8.42 Å². The van der Waals surface area contributed by atoms with Crippen molar-refractivity contribution in [3.63, 3.8) is 0 Å². The Hall–Kier alpha value is -1.89. The lowest BCUT2D eigenvalue weighted by atomic mass is 10.2. The van der Waals surface area contributed by atoms with Gasteiger partial charge in [-0.05, 0) is 37.8 Å². The highest BCUT2D eigenvalue weighted by molar-refractivity contribution is 7.90. The van der Waals surface area contributed by atoms with Crippen LogP contribution in [0.25, 0.3) is 11.4 Å². The summed E-state index contributed by atoms with van der Waals surface area (Å²) in [5.74, 6) is 1.82. The van der Waals surface area contributed by atoms with E-state index in [-0.39, 0.29) is 4.90 Å². The Bertz CT molecular complexity index is 750. The third-order valence-electron chi connectivity index (χ3n) is 3.71. The van der Waals surface area contributed by atoms with E-state index >= 15 is 0 Å². The lowest BCUT2D eigenvalue weighted by molar-refractivity contribution is 0.602. The zero-order valence-electron chi connectivity index (χ0n) is 12.0. The molecule has 1 aliphatic carbocycles. The second kappa shape index (κ2) is 5.14. The van der Waals surface area contributed by atoms with Gasteiger partial charge in [0.2, 0.25) is 5.95 Å². The van der Waals surface area contributed by atoms with E-state index in [1.807, 2.05) is 6.07 Å². The van der Waals surface area contributed by atoms with E-state index in [1.54, 1.807) is 18.2 Å². The topological polar surface area (TPSA) is 87.7 Å². The second-order valence-electron chi connectivity index (χ2n) is 5.58. The second-order valence-corrected chi connectivity index (χ2v) is 7.59. The van der Waals surface area contributed by atoms with Crippen molar-refractivity contribution in [1.82, 2.24) is 15.2 Å². The molecule has 3 rings (SSSR count). The highest BCUT2D eigenvalue weighted by Crippen LogP contribution is 2.33. The van der Waals surface area contributed by atoms with E-state index in [4.69, 9.17) is 0 Å². The fourth-order valence-corrected chi connectivity index (χ4v) is 2.91. The number of nitrogens with one attached hydrogen (secondary N) is 2. The number of nitrogens with zero attached hydrogens (tertiary/aromatic N) is 2. The van der Waals surface area contributed by atoms with Gasteiger partial charge < -0.3 is 5.32 Å². The summed E-state index contributed by atoms with van der Waals surface area (Å²) in [5.41, 5.74) is 0.706. The Morgan fingerprint density at radius 3 is 2.81 bits per heavy atom. The number of rotatable bonds is 5.